The highest BCUT2D eigenvalue weighted by Crippen LogP contribution is 2.32. The van der Waals surface area contributed by atoms with Crippen LogP contribution in [0.3, 0.4) is 0 Å². The Hall–Kier alpha value is -0.305. The van der Waals surface area contributed by atoms with Crippen LogP contribution in [0.4, 0.5) is 4.39 Å². The molecule has 0 amide bonds. The molecular weight excluding hydrogens is 118 g/mol. The van der Waals surface area contributed by atoms with Gasteiger partial charge in [-0.25, -0.2) is 4.39 Å². The van der Waals surface area contributed by atoms with Crippen LogP contribution in [0.15, 0.2) is 11.9 Å². The zero-order valence-electron chi connectivity index (χ0n) is 5.47. The number of hydrogen-bond donors (Lipinski definition) is 1. The molecule has 50 valence electrons. The Morgan fingerprint density at radius 3 is 2.78 bits per heavy atom. The van der Waals surface area contributed by atoms with Gasteiger partial charge in [0.05, 0.1) is 5.83 Å². The van der Waals surface area contributed by atoms with E-state index in [9.17, 15) is 4.39 Å². The maximum absolute atomic E-state index is 12.5. The summed E-state index contributed by atoms with van der Waals surface area (Å²) in [7, 11) is 1.83. The molecule has 3 heteroatoms. The molecule has 0 saturated carbocycles. The lowest BCUT2D eigenvalue weighted by molar-refractivity contribution is 0.251. The minimum Gasteiger partial charge on any atom is -0.396 e. The van der Waals surface area contributed by atoms with Crippen molar-refractivity contribution < 1.29 is 9.50 Å². The first-order valence-corrected chi connectivity index (χ1v) is 3.22. The molecule has 0 aromatic heterocycles. The van der Waals surface area contributed by atoms with Crippen molar-refractivity contribution in [2.75, 3.05) is 6.61 Å². The van der Waals surface area contributed by atoms with E-state index in [4.69, 9.17) is 5.11 Å². The summed E-state index contributed by atoms with van der Waals surface area (Å²) in [5, 5.41) is 8.59. The smallest absolute Gasteiger partial charge is 0.114 e. The van der Waals surface area contributed by atoms with Crippen LogP contribution in [-0.4, -0.2) is 19.6 Å². The molecule has 1 N–H and O–H groups in total. The van der Waals surface area contributed by atoms with E-state index in [1.165, 1.54) is 6.08 Å². The third kappa shape index (κ3) is 1.33. The highest BCUT2D eigenvalue weighted by Gasteiger charge is 2.21. The second-order valence-electron chi connectivity index (χ2n) is 2.63. The molecule has 0 aliphatic heterocycles. The van der Waals surface area contributed by atoms with E-state index in [0.717, 1.165) is 6.42 Å². The van der Waals surface area contributed by atoms with Gasteiger partial charge in [-0.15, -0.1) is 0 Å². The van der Waals surface area contributed by atoms with Gasteiger partial charge in [0.15, 0.2) is 0 Å². The van der Waals surface area contributed by atoms with Crippen molar-refractivity contribution in [3.8, 4) is 0 Å². The predicted molar refractivity (Wildman–Crippen MR) is 36.7 cm³/mol. The fourth-order valence-electron chi connectivity index (χ4n) is 1.15. The number of allylic oxidation sites excluding steroid dienone is 1. The van der Waals surface area contributed by atoms with Crippen molar-refractivity contribution in [3.05, 3.63) is 11.9 Å². The Kier molecular flexibility index (Phi) is 1.91. The first-order chi connectivity index (χ1) is 4.24. The lowest BCUT2D eigenvalue weighted by Gasteiger charge is -2.01. The molecule has 0 bridgehead atoms. The zero-order valence-corrected chi connectivity index (χ0v) is 5.47. The van der Waals surface area contributed by atoms with E-state index in [2.05, 4.69) is 0 Å². The first-order valence-electron chi connectivity index (χ1n) is 3.22. The maximum Gasteiger partial charge on any atom is 0.114 e. The molecule has 1 aliphatic rings. The summed E-state index contributed by atoms with van der Waals surface area (Å²) in [5.74, 6) is 0.0381. The minimum absolute atomic E-state index is 0.0298. The van der Waals surface area contributed by atoms with Gasteiger partial charge in [-0.05, 0) is 18.3 Å². The van der Waals surface area contributed by atoms with Gasteiger partial charge >= 0.3 is 0 Å². The van der Waals surface area contributed by atoms with Gasteiger partial charge in [0, 0.05) is 12.5 Å². The molecular formula is C6H10BFO. The quantitative estimate of drug-likeness (QED) is 0.502. The summed E-state index contributed by atoms with van der Waals surface area (Å²) >= 11 is 0. The Morgan fingerprint density at radius 1 is 1.89 bits per heavy atom. The molecule has 2 atom stereocenters. The van der Waals surface area contributed by atoms with Crippen molar-refractivity contribution in [3.63, 3.8) is 0 Å². The van der Waals surface area contributed by atoms with Gasteiger partial charge in [-0.2, -0.15) is 0 Å². The first kappa shape index (κ1) is 6.81. The van der Waals surface area contributed by atoms with Gasteiger partial charge < -0.3 is 5.11 Å². The van der Waals surface area contributed by atoms with Gasteiger partial charge in [0.25, 0.3) is 0 Å². The van der Waals surface area contributed by atoms with Crippen molar-refractivity contribution in [2.24, 2.45) is 5.92 Å². The second-order valence-corrected chi connectivity index (χ2v) is 2.63. The molecule has 9 heavy (non-hydrogen) atoms. The normalized spacial score (nSPS) is 34.7. The Balaban J connectivity index is 2.52. The number of hydrogen-bond acceptors (Lipinski definition) is 1. The third-order valence-electron chi connectivity index (χ3n) is 1.76. The van der Waals surface area contributed by atoms with Crippen LogP contribution in [0.5, 0.6) is 0 Å². The predicted octanol–water partition coefficient (Wildman–Crippen LogP) is 0.274. The SMILES string of the molecule is BC1CC(CO)C=C1F. The molecule has 0 heterocycles. The van der Waals surface area contributed by atoms with Crippen LogP contribution in [0.2, 0.25) is 5.82 Å². The highest BCUT2D eigenvalue weighted by atomic mass is 19.1. The van der Waals surface area contributed by atoms with Gasteiger partial charge in [-0.3, -0.25) is 0 Å². The van der Waals surface area contributed by atoms with Crippen molar-refractivity contribution in [2.45, 2.75) is 12.2 Å². The maximum atomic E-state index is 12.5. The number of aliphatic hydroxyl groups excluding tert-OH is 1. The molecule has 1 aliphatic carbocycles. The van der Waals surface area contributed by atoms with Crippen LogP contribution >= 0.6 is 0 Å². The molecule has 0 saturated heterocycles. The number of aliphatic hydroxyl groups is 1. The highest BCUT2D eigenvalue weighted by molar-refractivity contribution is 6.13. The number of halogens is 1. The van der Waals surface area contributed by atoms with Crippen LogP contribution in [0.1, 0.15) is 6.42 Å². The van der Waals surface area contributed by atoms with Crippen molar-refractivity contribution in [1.82, 2.24) is 0 Å². The average Bonchev–Trinajstić information content (AvgIpc) is 2.13. The zero-order chi connectivity index (χ0) is 6.85. The van der Waals surface area contributed by atoms with Crippen LogP contribution < -0.4 is 0 Å². The van der Waals surface area contributed by atoms with E-state index < -0.39 is 0 Å². The monoisotopic (exact) mass is 128 g/mol. The largest absolute Gasteiger partial charge is 0.396 e. The molecule has 0 spiro atoms. The van der Waals surface area contributed by atoms with Crippen LogP contribution in [-0.2, 0) is 0 Å². The van der Waals surface area contributed by atoms with Crippen molar-refractivity contribution >= 4 is 7.85 Å². The summed E-state index contributed by atoms with van der Waals surface area (Å²) < 4.78 is 12.5. The fourth-order valence-corrected chi connectivity index (χ4v) is 1.15. The fraction of sp³-hybridized carbons (Fsp3) is 0.667. The van der Waals surface area contributed by atoms with E-state index in [1.54, 1.807) is 0 Å². The topological polar surface area (TPSA) is 20.2 Å². The summed E-state index contributed by atoms with van der Waals surface area (Å²) in [6, 6.07) is 0. The molecule has 1 nitrogen and oxygen atoms in total. The Bertz CT molecular complexity index is 135. The second kappa shape index (κ2) is 2.52. The Labute approximate surface area is 55.0 Å². The summed E-state index contributed by atoms with van der Waals surface area (Å²) in [4.78, 5) is 0. The summed E-state index contributed by atoms with van der Waals surface area (Å²) in [6.07, 6.45) is 2.28. The molecule has 0 aromatic carbocycles. The van der Waals surface area contributed by atoms with Gasteiger partial charge in [0.2, 0.25) is 0 Å². The molecule has 0 fully saturated rings. The lowest BCUT2D eigenvalue weighted by Crippen LogP contribution is -1.99. The van der Waals surface area contributed by atoms with Crippen LogP contribution in [0.25, 0.3) is 0 Å². The third-order valence-corrected chi connectivity index (χ3v) is 1.76. The van der Waals surface area contributed by atoms with E-state index >= 15 is 0 Å². The Morgan fingerprint density at radius 2 is 2.56 bits per heavy atom. The minimum atomic E-state index is -0.0611. The number of rotatable bonds is 1. The summed E-state index contributed by atoms with van der Waals surface area (Å²) in [6.45, 7) is 0.0811. The van der Waals surface area contributed by atoms with Gasteiger partial charge in [-0.1, -0.05) is 0 Å². The summed E-state index contributed by atoms with van der Waals surface area (Å²) in [5.41, 5.74) is 0. The van der Waals surface area contributed by atoms with Crippen LogP contribution in [0, 0.1) is 5.92 Å². The molecule has 0 radical (unpaired) electrons. The molecule has 0 aromatic rings. The average molecular weight is 128 g/mol. The van der Waals surface area contributed by atoms with E-state index in [0.29, 0.717) is 0 Å². The molecule has 2 unspecified atom stereocenters. The molecule has 1 rings (SSSR count). The van der Waals surface area contributed by atoms with E-state index in [1.807, 2.05) is 7.85 Å². The van der Waals surface area contributed by atoms with Crippen molar-refractivity contribution in [1.29, 1.82) is 0 Å². The standard InChI is InChI=1S/C6H10BFO/c7-5-1-4(3-9)2-6(5)8/h2,4-5,9H,1,3,7H2. The van der Waals surface area contributed by atoms with E-state index in [-0.39, 0.29) is 24.2 Å². The lowest BCUT2D eigenvalue weighted by atomic mass is 9.85. The van der Waals surface area contributed by atoms with Gasteiger partial charge in [0.1, 0.15) is 7.85 Å².